The van der Waals surface area contributed by atoms with Gasteiger partial charge in [-0.3, -0.25) is 4.90 Å². The fraction of sp³-hybridized carbons (Fsp3) is 0.174. The summed E-state index contributed by atoms with van der Waals surface area (Å²) in [7, 11) is 0. The SMILES string of the molecule is Oc1cc(-c2nc3ccccc3s2)cc2c1OCCN(CC=Cc1ccco1)C2. The van der Waals surface area contributed by atoms with Gasteiger partial charge in [0.25, 0.3) is 0 Å². The number of thiazole rings is 1. The van der Waals surface area contributed by atoms with Gasteiger partial charge in [0.2, 0.25) is 0 Å². The van der Waals surface area contributed by atoms with Gasteiger partial charge in [0.1, 0.15) is 17.4 Å². The summed E-state index contributed by atoms with van der Waals surface area (Å²) < 4.78 is 12.3. The molecule has 0 spiro atoms. The zero-order valence-corrected chi connectivity index (χ0v) is 16.6. The van der Waals surface area contributed by atoms with E-state index in [1.165, 1.54) is 0 Å². The summed E-state index contributed by atoms with van der Waals surface area (Å²) in [5.74, 6) is 1.59. The fourth-order valence-corrected chi connectivity index (χ4v) is 4.49. The van der Waals surface area contributed by atoms with Crippen LogP contribution >= 0.6 is 11.3 Å². The molecular weight excluding hydrogens is 384 g/mol. The summed E-state index contributed by atoms with van der Waals surface area (Å²) in [4.78, 5) is 7.01. The molecule has 4 aromatic rings. The first kappa shape index (κ1) is 18.0. The molecule has 0 saturated carbocycles. The normalized spacial score (nSPS) is 14.8. The van der Waals surface area contributed by atoms with Gasteiger partial charge in [0.15, 0.2) is 11.5 Å². The van der Waals surface area contributed by atoms with E-state index in [9.17, 15) is 5.11 Å². The van der Waals surface area contributed by atoms with Crippen LogP contribution < -0.4 is 4.74 Å². The highest BCUT2D eigenvalue weighted by atomic mass is 32.1. The molecule has 1 aliphatic rings. The van der Waals surface area contributed by atoms with Gasteiger partial charge < -0.3 is 14.3 Å². The lowest BCUT2D eigenvalue weighted by Crippen LogP contribution is -2.25. The Hall–Kier alpha value is -3.09. The van der Waals surface area contributed by atoms with Crippen molar-refractivity contribution in [2.75, 3.05) is 19.7 Å². The van der Waals surface area contributed by atoms with Crippen molar-refractivity contribution in [3.8, 4) is 22.1 Å². The van der Waals surface area contributed by atoms with Crippen LogP contribution in [0.25, 0.3) is 26.9 Å². The Kier molecular flexibility index (Phi) is 4.79. The second kappa shape index (κ2) is 7.73. The summed E-state index contributed by atoms with van der Waals surface area (Å²) in [5.41, 5.74) is 2.87. The van der Waals surface area contributed by atoms with Crippen LogP contribution in [0.2, 0.25) is 0 Å². The summed E-state index contributed by atoms with van der Waals surface area (Å²) in [6, 6.07) is 15.7. The number of hydrogen-bond donors (Lipinski definition) is 1. The molecule has 146 valence electrons. The maximum Gasteiger partial charge on any atom is 0.165 e. The second-order valence-corrected chi connectivity index (χ2v) is 8.00. The van der Waals surface area contributed by atoms with Crippen LogP contribution in [0, 0.1) is 0 Å². The molecule has 29 heavy (non-hydrogen) atoms. The van der Waals surface area contributed by atoms with E-state index in [1.54, 1.807) is 23.7 Å². The number of ether oxygens (including phenoxy) is 1. The Balaban J connectivity index is 1.42. The van der Waals surface area contributed by atoms with Gasteiger partial charge in [-0.15, -0.1) is 11.3 Å². The highest BCUT2D eigenvalue weighted by molar-refractivity contribution is 7.21. The minimum absolute atomic E-state index is 0.171. The van der Waals surface area contributed by atoms with E-state index in [1.807, 2.05) is 36.4 Å². The number of phenolic OH excluding ortho intramolecular Hbond substituents is 1. The molecule has 1 N–H and O–H groups in total. The van der Waals surface area contributed by atoms with Gasteiger partial charge in [-0.25, -0.2) is 4.98 Å². The zero-order valence-electron chi connectivity index (χ0n) is 15.7. The number of aromatic nitrogens is 1. The molecule has 2 aromatic heterocycles. The van der Waals surface area contributed by atoms with E-state index < -0.39 is 0 Å². The average molecular weight is 404 g/mol. The van der Waals surface area contributed by atoms with Gasteiger partial charge in [-0.1, -0.05) is 18.2 Å². The molecule has 2 aromatic carbocycles. The van der Waals surface area contributed by atoms with Crippen LogP contribution in [0.1, 0.15) is 11.3 Å². The standard InChI is InChI=1S/C23H20N2O3S/c26-20-14-16(23-24-19-7-1-2-8-21(19)29-23)13-17-15-25(10-12-28-22(17)20)9-3-5-18-6-4-11-27-18/h1-8,11,13-14,26H,9-10,12,15H2. The van der Waals surface area contributed by atoms with E-state index in [-0.39, 0.29) is 5.75 Å². The summed E-state index contributed by atoms with van der Waals surface area (Å²) in [6.45, 7) is 2.79. The van der Waals surface area contributed by atoms with Crippen LogP contribution in [0.15, 0.2) is 65.3 Å². The lowest BCUT2D eigenvalue weighted by atomic mass is 10.1. The molecule has 6 heteroatoms. The molecule has 1 aliphatic heterocycles. The zero-order chi connectivity index (χ0) is 19.6. The summed E-state index contributed by atoms with van der Waals surface area (Å²) in [5, 5.41) is 11.5. The van der Waals surface area contributed by atoms with Crippen molar-refractivity contribution in [2.45, 2.75) is 6.54 Å². The predicted molar refractivity (Wildman–Crippen MR) is 115 cm³/mol. The molecule has 0 aliphatic carbocycles. The van der Waals surface area contributed by atoms with Crippen LogP contribution in [-0.4, -0.2) is 34.7 Å². The van der Waals surface area contributed by atoms with Crippen LogP contribution in [-0.2, 0) is 6.54 Å². The third-order valence-corrected chi connectivity index (χ3v) is 6.01. The highest BCUT2D eigenvalue weighted by Crippen LogP contribution is 2.39. The molecule has 0 bridgehead atoms. The maximum atomic E-state index is 10.6. The van der Waals surface area contributed by atoms with Crippen LogP contribution in [0.4, 0.5) is 0 Å². The fourth-order valence-electron chi connectivity index (χ4n) is 3.53. The van der Waals surface area contributed by atoms with E-state index in [2.05, 4.69) is 23.1 Å². The van der Waals surface area contributed by atoms with Gasteiger partial charge in [0, 0.05) is 30.8 Å². The van der Waals surface area contributed by atoms with Crippen molar-refractivity contribution in [1.82, 2.24) is 9.88 Å². The number of para-hydroxylation sites is 1. The Bertz CT molecular complexity index is 1130. The number of rotatable bonds is 4. The van der Waals surface area contributed by atoms with Crippen molar-refractivity contribution < 1.29 is 14.3 Å². The second-order valence-electron chi connectivity index (χ2n) is 6.97. The molecular formula is C23H20N2O3S. The molecule has 0 amide bonds. The number of hydrogen-bond acceptors (Lipinski definition) is 6. The van der Waals surface area contributed by atoms with Gasteiger partial charge >= 0.3 is 0 Å². The molecule has 5 nitrogen and oxygen atoms in total. The van der Waals surface area contributed by atoms with E-state index in [0.717, 1.165) is 45.2 Å². The third-order valence-electron chi connectivity index (χ3n) is 4.92. The topological polar surface area (TPSA) is 58.7 Å². The Morgan fingerprint density at radius 1 is 1.17 bits per heavy atom. The molecule has 0 fully saturated rings. The van der Waals surface area contributed by atoms with Crippen LogP contribution in [0.5, 0.6) is 11.5 Å². The Labute approximate surface area is 172 Å². The van der Waals surface area contributed by atoms with Crippen LogP contribution in [0.3, 0.4) is 0 Å². The molecule has 0 atom stereocenters. The third kappa shape index (κ3) is 3.77. The van der Waals surface area contributed by atoms with Crippen molar-refractivity contribution in [3.05, 3.63) is 72.2 Å². The van der Waals surface area contributed by atoms with E-state index >= 15 is 0 Å². The van der Waals surface area contributed by atoms with E-state index in [0.29, 0.717) is 18.9 Å². The Morgan fingerprint density at radius 3 is 2.97 bits per heavy atom. The number of benzene rings is 2. The first-order chi connectivity index (χ1) is 14.3. The minimum atomic E-state index is 0.171. The highest BCUT2D eigenvalue weighted by Gasteiger charge is 2.20. The Morgan fingerprint density at radius 2 is 2.10 bits per heavy atom. The number of aromatic hydroxyl groups is 1. The summed E-state index contributed by atoms with van der Waals surface area (Å²) in [6.07, 6.45) is 5.73. The predicted octanol–water partition coefficient (Wildman–Crippen LogP) is 5.17. The first-order valence-corrected chi connectivity index (χ1v) is 10.3. The number of nitrogens with zero attached hydrogens (tertiary/aromatic N) is 2. The number of fused-ring (bicyclic) bond motifs is 2. The largest absolute Gasteiger partial charge is 0.504 e. The molecule has 0 saturated heterocycles. The van der Waals surface area contributed by atoms with Gasteiger partial charge in [-0.05, 0) is 42.5 Å². The molecule has 0 unspecified atom stereocenters. The van der Waals surface area contributed by atoms with Crippen molar-refractivity contribution in [1.29, 1.82) is 0 Å². The number of furan rings is 1. The smallest absolute Gasteiger partial charge is 0.165 e. The number of phenols is 1. The van der Waals surface area contributed by atoms with Crippen molar-refractivity contribution >= 4 is 27.6 Å². The minimum Gasteiger partial charge on any atom is -0.504 e. The lowest BCUT2D eigenvalue weighted by molar-refractivity contribution is 0.239. The van der Waals surface area contributed by atoms with Gasteiger partial charge in [0.05, 0.1) is 16.5 Å². The quantitative estimate of drug-likeness (QED) is 0.508. The van der Waals surface area contributed by atoms with E-state index in [4.69, 9.17) is 14.1 Å². The average Bonchev–Trinajstić information content (AvgIpc) is 3.34. The van der Waals surface area contributed by atoms with Crippen molar-refractivity contribution in [2.24, 2.45) is 0 Å². The van der Waals surface area contributed by atoms with Gasteiger partial charge in [-0.2, -0.15) is 0 Å². The van der Waals surface area contributed by atoms with Crippen molar-refractivity contribution in [3.63, 3.8) is 0 Å². The maximum absolute atomic E-state index is 10.6. The molecule has 5 rings (SSSR count). The molecule has 3 heterocycles. The molecule has 0 radical (unpaired) electrons. The lowest BCUT2D eigenvalue weighted by Gasteiger charge is -2.17. The monoisotopic (exact) mass is 404 g/mol. The first-order valence-electron chi connectivity index (χ1n) is 9.53. The summed E-state index contributed by atoms with van der Waals surface area (Å²) >= 11 is 1.63.